The molecule has 0 aromatic carbocycles. The molecule has 0 aliphatic carbocycles. The van der Waals surface area contributed by atoms with Crippen molar-refractivity contribution >= 4 is 27.9 Å². The van der Waals surface area contributed by atoms with Gasteiger partial charge < -0.3 is 16.4 Å². The molecule has 7 heteroatoms. The van der Waals surface area contributed by atoms with Gasteiger partial charge in [-0.05, 0) is 24.6 Å². The normalized spacial score (nSPS) is 11.5. The summed E-state index contributed by atoms with van der Waals surface area (Å²) in [5.74, 6) is -0.293. The molecule has 0 aliphatic rings. The summed E-state index contributed by atoms with van der Waals surface area (Å²) >= 11 is 1.18. The van der Waals surface area contributed by atoms with Crippen molar-refractivity contribution in [1.29, 1.82) is 5.26 Å². The van der Waals surface area contributed by atoms with Gasteiger partial charge in [0.25, 0.3) is 5.91 Å². The van der Waals surface area contributed by atoms with Crippen LogP contribution < -0.4 is 16.4 Å². The predicted octanol–water partition coefficient (Wildman–Crippen LogP) is 2.13. The molecule has 1 atom stereocenters. The standard InChI is InChI=1S/C14H15N5OS/c1-8(9-3-5-18-6-4-9)19-14-10(7-15)11(16)12(21-14)13(20)17-2/h3-6,8,19H,16H2,1-2H3,(H,17,20). The van der Waals surface area contributed by atoms with Gasteiger partial charge in [-0.3, -0.25) is 9.78 Å². The van der Waals surface area contributed by atoms with Gasteiger partial charge in [-0.2, -0.15) is 5.26 Å². The zero-order valence-corrected chi connectivity index (χ0v) is 12.5. The minimum atomic E-state index is -0.293. The molecule has 0 saturated heterocycles. The maximum Gasteiger partial charge on any atom is 0.263 e. The number of aromatic nitrogens is 1. The van der Waals surface area contributed by atoms with Crippen molar-refractivity contribution in [2.24, 2.45) is 0 Å². The Morgan fingerprint density at radius 2 is 2.14 bits per heavy atom. The second kappa shape index (κ2) is 6.24. The van der Waals surface area contributed by atoms with Crippen LogP contribution in [0.25, 0.3) is 0 Å². The molecule has 1 amide bonds. The molecule has 108 valence electrons. The van der Waals surface area contributed by atoms with Crippen LogP contribution >= 0.6 is 11.3 Å². The first-order valence-corrected chi connectivity index (χ1v) is 7.11. The van der Waals surface area contributed by atoms with Crippen LogP contribution in [0.5, 0.6) is 0 Å². The highest BCUT2D eigenvalue weighted by Gasteiger charge is 2.21. The molecule has 0 aliphatic heterocycles. The third-order valence-corrected chi connectivity index (χ3v) is 4.18. The number of hydrogen-bond donors (Lipinski definition) is 3. The Bertz CT molecular complexity index is 689. The van der Waals surface area contributed by atoms with Gasteiger partial charge in [0.1, 0.15) is 21.5 Å². The number of pyridine rings is 1. The Hall–Kier alpha value is -2.59. The Morgan fingerprint density at radius 3 is 2.71 bits per heavy atom. The van der Waals surface area contributed by atoms with Crippen LogP contribution in [0.2, 0.25) is 0 Å². The molecule has 4 N–H and O–H groups in total. The van der Waals surface area contributed by atoms with Crippen LogP contribution in [0.4, 0.5) is 10.7 Å². The van der Waals surface area contributed by atoms with Gasteiger partial charge >= 0.3 is 0 Å². The van der Waals surface area contributed by atoms with E-state index in [9.17, 15) is 10.1 Å². The predicted molar refractivity (Wildman–Crippen MR) is 83.1 cm³/mol. The summed E-state index contributed by atoms with van der Waals surface area (Å²) in [6.07, 6.45) is 3.41. The highest BCUT2D eigenvalue weighted by atomic mass is 32.1. The monoisotopic (exact) mass is 301 g/mol. The van der Waals surface area contributed by atoms with Gasteiger partial charge in [0.05, 0.1) is 5.69 Å². The van der Waals surface area contributed by atoms with E-state index in [0.29, 0.717) is 15.4 Å². The van der Waals surface area contributed by atoms with E-state index in [-0.39, 0.29) is 17.6 Å². The number of nitrogens with one attached hydrogen (secondary N) is 2. The fraction of sp³-hybridized carbons (Fsp3) is 0.214. The van der Waals surface area contributed by atoms with Crippen molar-refractivity contribution in [3.8, 4) is 6.07 Å². The van der Waals surface area contributed by atoms with Gasteiger partial charge in [-0.1, -0.05) is 0 Å². The number of nitrogens with zero attached hydrogens (tertiary/aromatic N) is 2. The van der Waals surface area contributed by atoms with E-state index in [1.807, 2.05) is 19.1 Å². The average Bonchev–Trinajstić information content (AvgIpc) is 2.83. The highest BCUT2D eigenvalue weighted by molar-refractivity contribution is 7.18. The number of nitrogen functional groups attached to an aromatic ring is 1. The number of rotatable bonds is 4. The number of hydrogen-bond acceptors (Lipinski definition) is 6. The quantitative estimate of drug-likeness (QED) is 0.802. The first-order valence-electron chi connectivity index (χ1n) is 6.29. The number of anilines is 2. The molecule has 2 heterocycles. The second-order valence-corrected chi connectivity index (χ2v) is 5.41. The topological polar surface area (TPSA) is 104 Å². The van der Waals surface area contributed by atoms with Crippen molar-refractivity contribution in [3.05, 3.63) is 40.5 Å². The largest absolute Gasteiger partial charge is 0.396 e. The third kappa shape index (κ3) is 2.95. The Balaban J connectivity index is 2.32. The van der Waals surface area contributed by atoms with Gasteiger partial charge in [-0.15, -0.1) is 11.3 Å². The van der Waals surface area contributed by atoms with Crippen molar-refractivity contribution in [2.75, 3.05) is 18.1 Å². The van der Waals surface area contributed by atoms with Crippen LogP contribution in [-0.4, -0.2) is 17.9 Å². The summed E-state index contributed by atoms with van der Waals surface area (Å²) in [7, 11) is 1.53. The zero-order valence-electron chi connectivity index (χ0n) is 11.7. The number of carbonyl (C=O) groups is 1. The van der Waals surface area contributed by atoms with Crippen LogP contribution in [0.15, 0.2) is 24.5 Å². The lowest BCUT2D eigenvalue weighted by Gasteiger charge is -2.14. The SMILES string of the molecule is CNC(=O)c1sc(NC(C)c2ccncc2)c(C#N)c1N. The summed E-state index contributed by atoms with van der Waals surface area (Å²) in [6, 6.07) is 5.80. The minimum Gasteiger partial charge on any atom is -0.396 e. The molecule has 0 bridgehead atoms. The molecular formula is C14H15N5OS. The lowest BCUT2D eigenvalue weighted by molar-refractivity contribution is 0.0968. The number of amides is 1. The van der Waals surface area contributed by atoms with Crippen LogP contribution in [0, 0.1) is 11.3 Å². The van der Waals surface area contributed by atoms with Gasteiger partial charge in [0.15, 0.2) is 0 Å². The first-order chi connectivity index (χ1) is 10.1. The van der Waals surface area contributed by atoms with Crippen molar-refractivity contribution in [3.63, 3.8) is 0 Å². The van der Waals surface area contributed by atoms with E-state index in [4.69, 9.17) is 5.73 Å². The van der Waals surface area contributed by atoms with E-state index in [2.05, 4.69) is 21.7 Å². The molecule has 0 radical (unpaired) electrons. The number of nitrogens with two attached hydrogens (primary N) is 1. The van der Waals surface area contributed by atoms with E-state index < -0.39 is 0 Å². The number of thiophene rings is 1. The Kier molecular flexibility index (Phi) is 4.40. The fourth-order valence-electron chi connectivity index (χ4n) is 1.87. The lowest BCUT2D eigenvalue weighted by atomic mass is 10.1. The molecular weight excluding hydrogens is 286 g/mol. The van der Waals surface area contributed by atoms with Crippen molar-refractivity contribution in [1.82, 2.24) is 10.3 Å². The second-order valence-electron chi connectivity index (χ2n) is 4.39. The first kappa shape index (κ1) is 14.8. The van der Waals surface area contributed by atoms with E-state index in [1.54, 1.807) is 12.4 Å². The lowest BCUT2D eigenvalue weighted by Crippen LogP contribution is -2.17. The van der Waals surface area contributed by atoms with E-state index in [1.165, 1.54) is 18.4 Å². The highest BCUT2D eigenvalue weighted by Crippen LogP contribution is 2.36. The Labute approximate surface area is 126 Å². The van der Waals surface area contributed by atoms with Gasteiger partial charge in [0.2, 0.25) is 0 Å². The smallest absolute Gasteiger partial charge is 0.263 e. The molecule has 0 spiro atoms. The third-order valence-electron chi connectivity index (χ3n) is 3.04. The molecule has 2 aromatic heterocycles. The summed E-state index contributed by atoms with van der Waals surface area (Å²) in [6.45, 7) is 1.96. The van der Waals surface area contributed by atoms with Crippen LogP contribution in [0.1, 0.15) is 33.8 Å². The van der Waals surface area contributed by atoms with Gasteiger partial charge in [0, 0.05) is 25.5 Å². The molecule has 21 heavy (non-hydrogen) atoms. The molecule has 2 rings (SSSR count). The van der Waals surface area contributed by atoms with Crippen molar-refractivity contribution in [2.45, 2.75) is 13.0 Å². The summed E-state index contributed by atoms with van der Waals surface area (Å²) < 4.78 is 0. The summed E-state index contributed by atoms with van der Waals surface area (Å²) in [5.41, 5.74) is 7.43. The van der Waals surface area contributed by atoms with E-state index in [0.717, 1.165) is 5.56 Å². The Morgan fingerprint density at radius 1 is 1.48 bits per heavy atom. The minimum absolute atomic E-state index is 0.0318. The van der Waals surface area contributed by atoms with Crippen molar-refractivity contribution < 1.29 is 4.79 Å². The maximum absolute atomic E-state index is 11.7. The molecule has 2 aromatic rings. The van der Waals surface area contributed by atoms with Gasteiger partial charge in [-0.25, -0.2) is 0 Å². The average molecular weight is 301 g/mol. The molecule has 0 fully saturated rings. The summed E-state index contributed by atoms with van der Waals surface area (Å²) in [4.78, 5) is 16.1. The van der Waals surface area contributed by atoms with Crippen LogP contribution in [-0.2, 0) is 0 Å². The zero-order chi connectivity index (χ0) is 15.4. The fourth-order valence-corrected chi connectivity index (χ4v) is 2.98. The van der Waals surface area contributed by atoms with E-state index >= 15 is 0 Å². The molecule has 1 unspecified atom stereocenters. The summed E-state index contributed by atoms with van der Waals surface area (Å²) in [5, 5.41) is 15.6. The number of nitriles is 1. The maximum atomic E-state index is 11.7. The van der Waals surface area contributed by atoms with Crippen LogP contribution in [0.3, 0.4) is 0 Å². The number of carbonyl (C=O) groups excluding carboxylic acids is 1. The molecule has 6 nitrogen and oxygen atoms in total. The molecule has 0 saturated carbocycles.